The van der Waals surface area contributed by atoms with Crippen molar-refractivity contribution in [3.05, 3.63) is 95.1 Å². The van der Waals surface area contributed by atoms with E-state index in [1.165, 1.54) is 38.4 Å². The summed E-state index contributed by atoms with van der Waals surface area (Å²) in [5, 5.41) is 13.6. The number of aliphatic hydroxyl groups is 1. The number of halogens is 2. The Morgan fingerprint density at radius 1 is 1.06 bits per heavy atom. The Kier molecular flexibility index (Phi) is 7.17. The van der Waals surface area contributed by atoms with Gasteiger partial charge < -0.3 is 19.4 Å². The fraction of sp³-hybridized carbons (Fsp3) is 0.200. The van der Waals surface area contributed by atoms with Gasteiger partial charge in [-0.3, -0.25) is 9.10 Å². The van der Waals surface area contributed by atoms with Gasteiger partial charge in [0, 0.05) is 36.5 Å². The highest BCUT2D eigenvalue weighted by Gasteiger charge is 2.31. The first-order chi connectivity index (χ1) is 22.4. The first-order valence-electron chi connectivity index (χ1n) is 14.8. The van der Waals surface area contributed by atoms with E-state index < -0.39 is 27.6 Å². The number of furan rings is 1. The molecule has 1 atom stereocenters. The Balaban J connectivity index is 1.51. The van der Waals surface area contributed by atoms with Gasteiger partial charge in [-0.25, -0.2) is 22.2 Å². The van der Waals surface area contributed by atoms with Crippen molar-refractivity contribution in [3.63, 3.8) is 0 Å². The lowest BCUT2D eigenvalue weighted by Gasteiger charge is -2.28. The number of fused-ring (bicyclic) bond motifs is 6. The molecule has 1 aliphatic rings. The van der Waals surface area contributed by atoms with Crippen LogP contribution in [0, 0.1) is 18.6 Å². The molecule has 7 rings (SSSR count). The van der Waals surface area contributed by atoms with Gasteiger partial charge in [-0.2, -0.15) is 0 Å². The lowest BCUT2D eigenvalue weighted by atomic mass is 9.96. The molecule has 1 aliphatic heterocycles. The lowest BCUT2D eigenvalue weighted by Crippen LogP contribution is -2.25. The van der Waals surface area contributed by atoms with Gasteiger partial charge in [0.2, 0.25) is 10.0 Å². The number of nitrogens with one attached hydrogen (secondary N) is 1. The highest BCUT2D eigenvalue weighted by molar-refractivity contribution is 7.92. The first kappa shape index (κ1) is 30.6. The molecule has 47 heavy (non-hydrogen) atoms. The predicted molar refractivity (Wildman–Crippen MR) is 177 cm³/mol. The standard InChI is InChI=1S/C35H30F2N4O5S/c1-18-8-10-21(26(37)12-18)34-32(35(43)38-2)24-14-23(29(16-31(24)46-34)40(3)47(4,44)45)27-11-9-19-13-20(17-42)41-28-7-5-6-25(36)22(28)15-30(41)33(19)39-27/h5-12,14-16,20,42H,13,17H2,1-4H3,(H,38,43). The molecule has 0 aliphatic carbocycles. The summed E-state index contributed by atoms with van der Waals surface area (Å²) in [6.07, 6.45) is 1.50. The number of aryl methyl sites for hydroxylation is 1. The van der Waals surface area contributed by atoms with E-state index in [1.807, 2.05) is 10.6 Å². The van der Waals surface area contributed by atoms with Crippen LogP contribution in [0.15, 0.2) is 71.1 Å². The van der Waals surface area contributed by atoms with E-state index in [1.54, 1.807) is 43.3 Å². The van der Waals surface area contributed by atoms with Crippen LogP contribution in [-0.2, 0) is 16.4 Å². The minimum atomic E-state index is -3.79. The van der Waals surface area contributed by atoms with Crippen molar-refractivity contribution < 1.29 is 31.5 Å². The molecule has 0 bridgehead atoms. The van der Waals surface area contributed by atoms with E-state index in [-0.39, 0.29) is 40.8 Å². The van der Waals surface area contributed by atoms with Crippen LogP contribution in [0.4, 0.5) is 14.5 Å². The smallest absolute Gasteiger partial charge is 0.255 e. The summed E-state index contributed by atoms with van der Waals surface area (Å²) in [5.74, 6) is -1.49. The molecule has 6 aromatic rings. The SMILES string of the molecule is CNC(=O)c1c(-c2ccc(C)cc2F)oc2cc(N(C)S(C)(=O)=O)c(-c3ccc4c(n3)-c3cc5c(F)cccc5n3C(CO)C4)cc12. The monoisotopic (exact) mass is 656 g/mol. The number of hydrogen-bond acceptors (Lipinski definition) is 6. The zero-order chi connectivity index (χ0) is 33.4. The van der Waals surface area contributed by atoms with Gasteiger partial charge in [0.1, 0.15) is 17.2 Å². The van der Waals surface area contributed by atoms with Gasteiger partial charge in [-0.05, 0) is 66.9 Å². The summed E-state index contributed by atoms with van der Waals surface area (Å²) in [6.45, 7) is 1.58. The molecule has 3 aromatic heterocycles. The van der Waals surface area contributed by atoms with Crippen LogP contribution in [0.2, 0.25) is 0 Å². The van der Waals surface area contributed by atoms with E-state index in [4.69, 9.17) is 9.40 Å². The average molecular weight is 657 g/mol. The Morgan fingerprint density at radius 2 is 1.85 bits per heavy atom. The maximum Gasteiger partial charge on any atom is 0.255 e. The molecule has 0 saturated heterocycles. The van der Waals surface area contributed by atoms with Gasteiger partial charge in [0.15, 0.2) is 5.76 Å². The molecular weight excluding hydrogens is 626 g/mol. The molecule has 12 heteroatoms. The number of amides is 1. The topological polar surface area (TPSA) is 118 Å². The molecular formula is C35H30F2N4O5S. The van der Waals surface area contributed by atoms with Gasteiger partial charge in [-0.15, -0.1) is 0 Å². The van der Waals surface area contributed by atoms with E-state index in [9.17, 15) is 22.7 Å². The van der Waals surface area contributed by atoms with Crippen molar-refractivity contribution in [1.29, 1.82) is 0 Å². The van der Waals surface area contributed by atoms with Crippen molar-refractivity contribution in [2.45, 2.75) is 19.4 Å². The highest BCUT2D eigenvalue weighted by atomic mass is 32.2. The molecule has 0 fully saturated rings. The fourth-order valence-corrected chi connectivity index (χ4v) is 6.94. The van der Waals surface area contributed by atoms with E-state index in [2.05, 4.69) is 5.32 Å². The van der Waals surface area contributed by atoms with Crippen molar-refractivity contribution in [2.24, 2.45) is 0 Å². The third-order valence-corrected chi connectivity index (χ3v) is 10.0. The summed E-state index contributed by atoms with van der Waals surface area (Å²) in [4.78, 5) is 18.3. The zero-order valence-electron chi connectivity index (χ0n) is 25.9. The molecule has 9 nitrogen and oxygen atoms in total. The number of pyridine rings is 1. The van der Waals surface area contributed by atoms with Crippen LogP contribution in [-0.4, -0.2) is 55.9 Å². The molecule has 0 spiro atoms. The second-order valence-corrected chi connectivity index (χ2v) is 13.8. The molecule has 4 heterocycles. The molecule has 1 unspecified atom stereocenters. The van der Waals surface area contributed by atoms with Gasteiger partial charge in [0.25, 0.3) is 5.91 Å². The minimum absolute atomic E-state index is 0.00180. The van der Waals surface area contributed by atoms with Crippen molar-refractivity contribution >= 4 is 43.5 Å². The van der Waals surface area contributed by atoms with Crippen molar-refractivity contribution in [2.75, 3.05) is 31.3 Å². The number of rotatable bonds is 6. The van der Waals surface area contributed by atoms with Gasteiger partial charge >= 0.3 is 0 Å². The number of aromatic nitrogens is 2. The lowest BCUT2D eigenvalue weighted by molar-refractivity contribution is 0.0964. The Bertz CT molecular complexity index is 2380. The first-order valence-corrected chi connectivity index (χ1v) is 16.7. The van der Waals surface area contributed by atoms with Crippen LogP contribution in [0.1, 0.15) is 27.5 Å². The van der Waals surface area contributed by atoms with E-state index in [0.717, 1.165) is 16.1 Å². The summed E-state index contributed by atoms with van der Waals surface area (Å²) in [5.41, 5.74) is 4.60. The van der Waals surface area contributed by atoms with Crippen LogP contribution in [0.3, 0.4) is 0 Å². The second kappa shape index (κ2) is 11.0. The van der Waals surface area contributed by atoms with Gasteiger partial charge in [0.05, 0.1) is 58.3 Å². The summed E-state index contributed by atoms with van der Waals surface area (Å²) >= 11 is 0. The number of sulfonamides is 1. The quantitative estimate of drug-likeness (QED) is 0.220. The number of nitrogens with zero attached hydrogens (tertiary/aromatic N) is 3. The number of benzene rings is 3. The molecule has 0 saturated carbocycles. The third kappa shape index (κ3) is 4.86. The minimum Gasteiger partial charge on any atom is -0.455 e. The second-order valence-electron chi connectivity index (χ2n) is 11.8. The number of aliphatic hydroxyl groups excluding tert-OH is 1. The summed E-state index contributed by atoms with van der Waals surface area (Å²) < 4.78 is 65.0. The molecule has 0 radical (unpaired) electrons. The molecule has 3 aromatic carbocycles. The van der Waals surface area contributed by atoms with E-state index in [0.29, 0.717) is 50.9 Å². The Hall–Kier alpha value is -5.07. The number of hydrogen-bond donors (Lipinski definition) is 2. The number of carbonyl (C=O) groups is 1. The molecule has 1 amide bonds. The van der Waals surface area contributed by atoms with Crippen LogP contribution >= 0.6 is 0 Å². The maximum absolute atomic E-state index is 15.2. The Labute approximate surface area is 269 Å². The predicted octanol–water partition coefficient (Wildman–Crippen LogP) is 6.22. The highest BCUT2D eigenvalue weighted by Crippen LogP contribution is 2.44. The molecule has 2 N–H and O–H groups in total. The maximum atomic E-state index is 15.2. The number of anilines is 1. The van der Waals surface area contributed by atoms with Gasteiger partial charge in [-0.1, -0.05) is 18.2 Å². The van der Waals surface area contributed by atoms with Crippen LogP contribution < -0.4 is 9.62 Å². The number of carbonyl (C=O) groups excluding carboxylic acids is 1. The van der Waals surface area contributed by atoms with E-state index >= 15 is 4.39 Å². The molecule has 240 valence electrons. The summed E-state index contributed by atoms with van der Waals surface area (Å²) in [7, 11) is -0.940. The average Bonchev–Trinajstić information content (AvgIpc) is 3.62. The normalized spacial score (nSPS) is 14.3. The van der Waals surface area contributed by atoms with Crippen LogP contribution in [0.5, 0.6) is 0 Å². The van der Waals surface area contributed by atoms with Crippen molar-refractivity contribution in [3.8, 4) is 34.0 Å². The van der Waals surface area contributed by atoms with Crippen molar-refractivity contribution in [1.82, 2.24) is 14.9 Å². The summed E-state index contributed by atoms with van der Waals surface area (Å²) in [6, 6.07) is 17.5. The largest absolute Gasteiger partial charge is 0.455 e. The third-order valence-electron chi connectivity index (χ3n) is 8.83. The van der Waals surface area contributed by atoms with Crippen LogP contribution in [0.25, 0.3) is 55.8 Å². The fourth-order valence-electron chi connectivity index (χ4n) is 6.43. The zero-order valence-corrected chi connectivity index (χ0v) is 26.7. The Morgan fingerprint density at radius 3 is 2.55 bits per heavy atom.